The highest BCUT2D eigenvalue weighted by atomic mass is 35.5. The molecule has 2 rings (SSSR count). The van der Waals surface area contributed by atoms with Crippen molar-refractivity contribution in [1.82, 2.24) is 4.98 Å². The van der Waals surface area contributed by atoms with Gasteiger partial charge >= 0.3 is 0 Å². The van der Waals surface area contributed by atoms with Crippen molar-refractivity contribution < 1.29 is 9.47 Å². The zero-order valence-corrected chi connectivity index (χ0v) is 12.6. The second-order valence-electron chi connectivity index (χ2n) is 3.92. The van der Waals surface area contributed by atoms with E-state index in [1.165, 1.54) is 0 Å². The molecule has 1 N–H and O–H groups in total. The summed E-state index contributed by atoms with van der Waals surface area (Å²) in [7, 11) is 1.59. The first-order chi connectivity index (χ1) is 9.63. The van der Waals surface area contributed by atoms with Gasteiger partial charge in [0.05, 0.1) is 12.1 Å². The number of benzene rings is 1. The van der Waals surface area contributed by atoms with Crippen molar-refractivity contribution in [2.75, 3.05) is 19.0 Å². The van der Waals surface area contributed by atoms with Crippen molar-refractivity contribution >= 4 is 29.0 Å². The quantitative estimate of drug-likeness (QED) is 0.874. The summed E-state index contributed by atoms with van der Waals surface area (Å²) < 4.78 is 10.8. The van der Waals surface area contributed by atoms with E-state index in [9.17, 15) is 0 Å². The number of rotatable bonds is 5. The van der Waals surface area contributed by atoms with Gasteiger partial charge in [0.2, 0.25) is 5.88 Å². The van der Waals surface area contributed by atoms with Gasteiger partial charge in [0.15, 0.2) is 0 Å². The fourth-order valence-electron chi connectivity index (χ4n) is 1.59. The molecule has 1 heterocycles. The monoisotopic (exact) mass is 312 g/mol. The van der Waals surface area contributed by atoms with Gasteiger partial charge in [-0.1, -0.05) is 29.3 Å². The van der Waals surface area contributed by atoms with E-state index in [0.717, 1.165) is 0 Å². The fraction of sp³-hybridized carbons (Fsp3) is 0.214. The highest BCUT2D eigenvalue weighted by Gasteiger charge is 2.11. The van der Waals surface area contributed by atoms with Crippen LogP contribution in [0.4, 0.5) is 5.82 Å². The first-order valence-corrected chi connectivity index (χ1v) is 6.81. The lowest BCUT2D eigenvalue weighted by Crippen LogP contribution is -2.01. The number of pyridine rings is 1. The van der Waals surface area contributed by atoms with Crippen molar-refractivity contribution in [2.45, 2.75) is 6.92 Å². The number of hydrogen-bond acceptors (Lipinski definition) is 4. The lowest BCUT2D eigenvalue weighted by atomic mass is 10.3. The van der Waals surface area contributed by atoms with E-state index in [4.69, 9.17) is 32.7 Å². The van der Waals surface area contributed by atoms with Gasteiger partial charge in [-0.2, -0.15) is 4.98 Å². The van der Waals surface area contributed by atoms with Crippen LogP contribution in [-0.2, 0) is 0 Å². The molecule has 0 fully saturated rings. The van der Waals surface area contributed by atoms with Gasteiger partial charge in [-0.05, 0) is 25.1 Å². The summed E-state index contributed by atoms with van der Waals surface area (Å²) in [5.41, 5.74) is 0. The predicted molar refractivity (Wildman–Crippen MR) is 81.5 cm³/mol. The maximum absolute atomic E-state index is 6.09. The van der Waals surface area contributed by atoms with Gasteiger partial charge in [-0.25, -0.2) is 0 Å². The molecular formula is C14H14Cl2N2O2. The molecule has 0 unspecified atom stereocenters. The van der Waals surface area contributed by atoms with Gasteiger partial charge in [-0.15, -0.1) is 0 Å². The second kappa shape index (κ2) is 6.68. The molecule has 0 atom stereocenters. The Hall–Kier alpha value is -1.65. The van der Waals surface area contributed by atoms with Crippen molar-refractivity contribution in [3.8, 4) is 17.4 Å². The number of anilines is 1. The Morgan fingerprint density at radius 3 is 2.60 bits per heavy atom. The standard InChI is InChI=1S/C14H14Cl2N2O2/c1-3-17-13-11(15)8-12(16)14(18-13)20-10-6-4-5-9(7-10)19-2/h4-8H,3H2,1-2H3,(H,17,18). The van der Waals surface area contributed by atoms with Gasteiger partial charge in [0.1, 0.15) is 22.3 Å². The second-order valence-corrected chi connectivity index (χ2v) is 4.73. The lowest BCUT2D eigenvalue weighted by molar-refractivity contribution is 0.407. The third-order valence-corrected chi connectivity index (χ3v) is 3.06. The predicted octanol–water partition coefficient (Wildman–Crippen LogP) is 4.62. The minimum Gasteiger partial charge on any atom is -0.497 e. The van der Waals surface area contributed by atoms with Crippen molar-refractivity contribution in [3.63, 3.8) is 0 Å². The molecule has 6 heteroatoms. The minimum atomic E-state index is 0.292. The van der Waals surface area contributed by atoms with Crippen LogP contribution in [0.5, 0.6) is 17.4 Å². The van der Waals surface area contributed by atoms with Crippen molar-refractivity contribution in [2.24, 2.45) is 0 Å². The number of nitrogens with zero attached hydrogens (tertiary/aromatic N) is 1. The number of ether oxygens (including phenoxy) is 2. The van der Waals surface area contributed by atoms with Gasteiger partial charge in [0.25, 0.3) is 0 Å². The normalized spacial score (nSPS) is 10.2. The topological polar surface area (TPSA) is 43.4 Å². The Kier molecular flexibility index (Phi) is 4.93. The molecule has 20 heavy (non-hydrogen) atoms. The highest BCUT2D eigenvalue weighted by molar-refractivity contribution is 6.36. The Balaban J connectivity index is 2.30. The van der Waals surface area contributed by atoms with Crippen molar-refractivity contribution in [3.05, 3.63) is 40.4 Å². The highest BCUT2D eigenvalue weighted by Crippen LogP contribution is 2.34. The third kappa shape index (κ3) is 3.46. The molecule has 0 saturated heterocycles. The van der Waals surface area contributed by atoms with Crippen LogP contribution in [0.2, 0.25) is 10.0 Å². The molecule has 0 aliphatic heterocycles. The first-order valence-electron chi connectivity index (χ1n) is 6.06. The van der Waals surface area contributed by atoms with Gasteiger partial charge in [0, 0.05) is 12.6 Å². The van der Waals surface area contributed by atoms with E-state index < -0.39 is 0 Å². The number of nitrogens with one attached hydrogen (secondary N) is 1. The summed E-state index contributed by atoms with van der Waals surface area (Å²) in [6.07, 6.45) is 0. The molecular weight excluding hydrogens is 299 g/mol. The van der Waals surface area contributed by atoms with E-state index >= 15 is 0 Å². The average Bonchev–Trinajstić information content (AvgIpc) is 2.44. The van der Waals surface area contributed by atoms with E-state index in [1.807, 2.05) is 19.1 Å². The van der Waals surface area contributed by atoms with E-state index in [-0.39, 0.29) is 0 Å². The molecule has 0 saturated carbocycles. The molecule has 1 aromatic heterocycles. The number of halogens is 2. The van der Waals surface area contributed by atoms with Gasteiger partial charge in [-0.3, -0.25) is 0 Å². The number of methoxy groups -OCH3 is 1. The summed E-state index contributed by atoms with van der Waals surface area (Å²) in [6.45, 7) is 2.65. The molecule has 106 valence electrons. The Labute approximate surface area is 127 Å². The third-order valence-electron chi connectivity index (χ3n) is 2.50. The zero-order chi connectivity index (χ0) is 14.5. The van der Waals surface area contributed by atoms with Crippen LogP contribution >= 0.6 is 23.2 Å². The summed E-state index contributed by atoms with van der Waals surface area (Å²) in [5, 5.41) is 3.85. The van der Waals surface area contributed by atoms with Crippen molar-refractivity contribution in [1.29, 1.82) is 0 Å². The fourth-order valence-corrected chi connectivity index (χ4v) is 2.05. The van der Waals surface area contributed by atoms with Crippen LogP contribution < -0.4 is 14.8 Å². The summed E-state index contributed by atoms with van der Waals surface area (Å²) >= 11 is 12.1. The summed E-state index contributed by atoms with van der Waals surface area (Å²) in [4.78, 5) is 4.27. The zero-order valence-electron chi connectivity index (χ0n) is 11.1. The molecule has 0 bridgehead atoms. The summed E-state index contributed by atoms with van der Waals surface area (Å²) in [5.74, 6) is 2.11. The molecule has 0 aliphatic rings. The largest absolute Gasteiger partial charge is 0.497 e. The minimum absolute atomic E-state index is 0.292. The molecule has 2 aromatic rings. The molecule has 4 nitrogen and oxygen atoms in total. The molecule has 0 amide bonds. The van der Waals surface area contributed by atoms with Crippen LogP contribution in [0, 0.1) is 0 Å². The smallest absolute Gasteiger partial charge is 0.240 e. The maximum atomic E-state index is 6.09. The number of aromatic nitrogens is 1. The van der Waals surface area contributed by atoms with E-state index in [1.54, 1.807) is 25.3 Å². The van der Waals surface area contributed by atoms with E-state index in [0.29, 0.717) is 39.8 Å². The SMILES string of the molecule is CCNc1nc(Oc2cccc(OC)c2)c(Cl)cc1Cl. The molecule has 0 spiro atoms. The lowest BCUT2D eigenvalue weighted by Gasteiger charge is -2.11. The average molecular weight is 313 g/mol. The summed E-state index contributed by atoms with van der Waals surface area (Å²) in [6, 6.07) is 8.79. The van der Waals surface area contributed by atoms with Crippen LogP contribution in [0.15, 0.2) is 30.3 Å². The van der Waals surface area contributed by atoms with Crippen LogP contribution in [-0.4, -0.2) is 18.6 Å². The van der Waals surface area contributed by atoms with Crippen LogP contribution in [0.3, 0.4) is 0 Å². The molecule has 0 radical (unpaired) electrons. The molecule has 1 aromatic carbocycles. The Morgan fingerprint density at radius 2 is 1.90 bits per heavy atom. The Morgan fingerprint density at radius 1 is 1.15 bits per heavy atom. The van der Waals surface area contributed by atoms with Crippen LogP contribution in [0.1, 0.15) is 6.92 Å². The maximum Gasteiger partial charge on any atom is 0.240 e. The van der Waals surface area contributed by atoms with E-state index in [2.05, 4.69) is 10.3 Å². The van der Waals surface area contributed by atoms with Gasteiger partial charge < -0.3 is 14.8 Å². The first kappa shape index (κ1) is 14.8. The van der Waals surface area contributed by atoms with Crippen LogP contribution in [0.25, 0.3) is 0 Å². The molecule has 0 aliphatic carbocycles. The Bertz CT molecular complexity index is 606. The number of hydrogen-bond donors (Lipinski definition) is 1.